The maximum atomic E-state index is 11.7. The van der Waals surface area contributed by atoms with Gasteiger partial charge in [0.1, 0.15) is 0 Å². The monoisotopic (exact) mass is 307 g/mol. The van der Waals surface area contributed by atoms with Crippen molar-refractivity contribution in [3.05, 3.63) is 0 Å². The Balaban J connectivity index is 0. The molecule has 2 unspecified atom stereocenters. The number of aliphatic carboxylic acids is 1. The number of hydrogen-bond donors (Lipinski definition) is 1. The van der Waals surface area contributed by atoms with E-state index in [2.05, 4.69) is 12.2 Å². The first-order valence-electron chi connectivity index (χ1n) is 8.03. The zero-order chi connectivity index (χ0) is 15.4. The number of unbranched alkanes of at least 4 members (excludes halogenated alkanes) is 6. The molecule has 0 aliphatic rings. The van der Waals surface area contributed by atoms with Gasteiger partial charge in [-0.25, -0.2) is 0 Å². The van der Waals surface area contributed by atoms with Gasteiger partial charge >= 0.3 is 29.6 Å². The molecular weight excluding hydrogens is 277 g/mol. The molecule has 0 radical (unpaired) electrons. The van der Waals surface area contributed by atoms with Crippen LogP contribution in [0.25, 0.3) is 0 Å². The van der Waals surface area contributed by atoms with Crippen LogP contribution in [0.4, 0.5) is 0 Å². The minimum atomic E-state index is -1.19. The van der Waals surface area contributed by atoms with E-state index in [1.165, 1.54) is 25.7 Å². The first-order chi connectivity index (χ1) is 9.52. The topological polar surface area (TPSA) is 69.2 Å². The number of hydrogen-bond acceptors (Lipinski definition) is 3. The van der Waals surface area contributed by atoms with E-state index in [9.17, 15) is 14.7 Å². The maximum Gasteiger partial charge on any atom is 1.00 e. The minimum Gasteiger partial charge on any atom is -0.548 e. The second-order valence-corrected chi connectivity index (χ2v) is 5.62. The molecule has 0 aromatic carbocycles. The molecule has 1 amide bonds. The summed E-state index contributed by atoms with van der Waals surface area (Å²) in [4.78, 5) is 22.7. The predicted octanol–water partition coefficient (Wildman–Crippen LogP) is -0.588. The molecule has 0 bridgehead atoms. The average molecular weight is 307 g/mol. The maximum absolute atomic E-state index is 11.7. The molecule has 0 heterocycles. The number of carboxylic acid groups (broad SMARTS) is 1. The zero-order valence-electron chi connectivity index (χ0n) is 14.2. The second-order valence-electron chi connectivity index (χ2n) is 5.62. The molecule has 0 aromatic rings. The Hall–Kier alpha value is -0.0600. The fourth-order valence-corrected chi connectivity index (χ4v) is 2.16. The standard InChI is InChI=1S/C16H31NO3.Na/c1-4-6-7-8-9-10-11-12-14(18)17-15(16(19)20)13(3)5-2;/h13,15H,4-12H2,1-3H3,(H,17,18)(H,19,20);/q;+1/p-1. The largest absolute Gasteiger partial charge is 1.00 e. The molecular formula is C16H30NNaO3. The van der Waals surface area contributed by atoms with Crippen LogP contribution in [0.5, 0.6) is 0 Å². The van der Waals surface area contributed by atoms with Crippen molar-refractivity contribution in [3.8, 4) is 0 Å². The molecule has 0 fully saturated rings. The molecule has 0 saturated carbocycles. The zero-order valence-corrected chi connectivity index (χ0v) is 16.2. The smallest absolute Gasteiger partial charge is 0.548 e. The number of amides is 1. The summed E-state index contributed by atoms with van der Waals surface area (Å²) in [6.07, 6.45) is 9.15. The fraction of sp³-hybridized carbons (Fsp3) is 0.875. The summed E-state index contributed by atoms with van der Waals surface area (Å²) in [6.45, 7) is 5.91. The van der Waals surface area contributed by atoms with E-state index < -0.39 is 12.0 Å². The van der Waals surface area contributed by atoms with E-state index in [-0.39, 0.29) is 41.4 Å². The summed E-state index contributed by atoms with van der Waals surface area (Å²) in [5.41, 5.74) is 0. The van der Waals surface area contributed by atoms with E-state index in [4.69, 9.17) is 0 Å². The van der Waals surface area contributed by atoms with Gasteiger partial charge in [0.05, 0.1) is 12.0 Å². The van der Waals surface area contributed by atoms with Crippen LogP contribution in [0.1, 0.15) is 78.6 Å². The molecule has 4 nitrogen and oxygen atoms in total. The molecule has 0 aromatic heterocycles. The van der Waals surface area contributed by atoms with E-state index >= 15 is 0 Å². The van der Waals surface area contributed by atoms with Crippen LogP contribution in [-0.4, -0.2) is 17.9 Å². The van der Waals surface area contributed by atoms with Gasteiger partial charge in [-0.15, -0.1) is 0 Å². The van der Waals surface area contributed by atoms with Crippen LogP contribution in [0.2, 0.25) is 0 Å². The van der Waals surface area contributed by atoms with Crippen molar-refractivity contribution in [1.82, 2.24) is 5.32 Å². The van der Waals surface area contributed by atoms with Gasteiger partial charge in [-0.3, -0.25) is 4.79 Å². The van der Waals surface area contributed by atoms with Crippen LogP contribution in [0, 0.1) is 5.92 Å². The third-order valence-corrected chi connectivity index (χ3v) is 3.79. The quantitative estimate of drug-likeness (QED) is 0.387. The minimum absolute atomic E-state index is 0. The Morgan fingerprint density at radius 2 is 1.52 bits per heavy atom. The van der Waals surface area contributed by atoms with Gasteiger partial charge in [-0.05, 0) is 12.3 Å². The van der Waals surface area contributed by atoms with Gasteiger partial charge < -0.3 is 15.2 Å². The fourth-order valence-electron chi connectivity index (χ4n) is 2.16. The summed E-state index contributed by atoms with van der Waals surface area (Å²) >= 11 is 0. The van der Waals surface area contributed by atoms with Crippen LogP contribution >= 0.6 is 0 Å². The third kappa shape index (κ3) is 12.2. The van der Waals surface area contributed by atoms with E-state index in [1.54, 1.807) is 0 Å². The van der Waals surface area contributed by atoms with Crippen molar-refractivity contribution in [3.63, 3.8) is 0 Å². The van der Waals surface area contributed by atoms with Gasteiger partial charge in [-0.2, -0.15) is 0 Å². The second kappa shape index (κ2) is 14.9. The first kappa shape index (κ1) is 23.2. The van der Waals surface area contributed by atoms with Crippen molar-refractivity contribution in [1.29, 1.82) is 0 Å². The molecule has 0 rings (SSSR count). The predicted molar refractivity (Wildman–Crippen MR) is 79.0 cm³/mol. The molecule has 0 saturated heterocycles. The van der Waals surface area contributed by atoms with Crippen molar-refractivity contribution in [2.45, 2.75) is 84.6 Å². The molecule has 0 aliphatic carbocycles. The van der Waals surface area contributed by atoms with Crippen molar-refractivity contribution >= 4 is 11.9 Å². The van der Waals surface area contributed by atoms with Crippen LogP contribution in [-0.2, 0) is 9.59 Å². The SMILES string of the molecule is CCCCCCCCCC(=O)NC(C(=O)[O-])C(C)CC.[Na+]. The van der Waals surface area contributed by atoms with Gasteiger partial charge in [0.15, 0.2) is 0 Å². The number of carbonyl (C=O) groups is 2. The Morgan fingerprint density at radius 3 is 2.00 bits per heavy atom. The van der Waals surface area contributed by atoms with E-state index in [1.807, 2.05) is 13.8 Å². The third-order valence-electron chi connectivity index (χ3n) is 3.79. The molecule has 0 spiro atoms. The summed E-state index contributed by atoms with van der Waals surface area (Å²) < 4.78 is 0. The molecule has 5 heteroatoms. The van der Waals surface area contributed by atoms with Crippen molar-refractivity contribution in [2.24, 2.45) is 5.92 Å². The normalized spacial score (nSPS) is 13.1. The Labute approximate surface area is 151 Å². The van der Waals surface area contributed by atoms with Crippen LogP contribution in [0.15, 0.2) is 0 Å². The van der Waals surface area contributed by atoms with E-state index in [0.717, 1.165) is 19.3 Å². The number of carbonyl (C=O) groups excluding carboxylic acids is 2. The Bertz CT molecular complexity index is 285. The van der Waals surface area contributed by atoms with Crippen LogP contribution < -0.4 is 40.0 Å². The summed E-state index contributed by atoms with van der Waals surface area (Å²) in [5, 5.41) is 13.6. The molecule has 2 atom stereocenters. The van der Waals surface area contributed by atoms with Gasteiger partial charge in [-0.1, -0.05) is 65.7 Å². The van der Waals surface area contributed by atoms with Crippen molar-refractivity contribution < 1.29 is 44.3 Å². The molecule has 118 valence electrons. The number of rotatable bonds is 12. The summed E-state index contributed by atoms with van der Waals surface area (Å²) in [5.74, 6) is -1.46. The van der Waals surface area contributed by atoms with Gasteiger partial charge in [0.25, 0.3) is 0 Å². The van der Waals surface area contributed by atoms with Crippen LogP contribution in [0.3, 0.4) is 0 Å². The number of carboxylic acids is 1. The summed E-state index contributed by atoms with van der Waals surface area (Å²) in [6, 6.07) is -0.864. The number of nitrogens with one attached hydrogen (secondary N) is 1. The van der Waals surface area contributed by atoms with E-state index in [0.29, 0.717) is 12.8 Å². The van der Waals surface area contributed by atoms with Gasteiger partial charge in [0, 0.05) is 6.42 Å². The molecule has 21 heavy (non-hydrogen) atoms. The Kier molecular flexibility index (Phi) is 16.4. The van der Waals surface area contributed by atoms with Crippen molar-refractivity contribution in [2.75, 3.05) is 0 Å². The molecule has 0 aliphatic heterocycles. The summed E-state index contributed by atoms with van der Waals surface area (Å²) in [7, 11) is 0. The Morgan fingerprint density at radius 1 is 1.00 bits per heavy atom. The molecule has 1 N–H and O–H groups in total. The average Bonchev–Trinajstić information content (AvgIpc) is 2.42. The first-order valence-corrected chi connectivity index (χ1v) is 8.03. The van der Waals surface area contributed by atoms with Gasteiger partial charge in [0.2, 0.25) is 5.91 Å².